The molecule has 1 heterocycles. The van der Waals surface area contributed by atoms with Crippen molar-refractivity contribution in [2.45, 2.75) is 18.9 Å². The zero-order chi connectivity index (χ0) is 9.73. The van der Waals surface area contributed by atoms with Crippen molar-refractivity contribution in [3.63, 3.8) is 0 Å². The fraction of sp³-hybridized carbons (Fsp3) is 0.667. The SMILES string of the molecule is C#CCNC(=S)NC1(C)CCOC1. The summed E-state index contributed by atoms with van der Waals surface area (Å²) >= 11 is 5.05. The van der Waals surface area contributed by atoms with Gasteiger partial charge < -0.3 is 15.4 Å². The first kappa shape index (κ1) is 10.3. The number of terminal acetylenes is 1. The molecule has 3 nitrogen and oxygen atoms in total. The van der Waals surface area contributed by atoms with Crippen molar-refractivity contribution in [3.05, 3.63) is 0 Å². The normalized spacial score (nSPS) is 26.5. The van der Waals surface area contributed by atoms with Crippen LogP contribution in [0.2, 0.25) is 0 Å². The minimum Gasteiger partial charge on any atom is -0.379 e. The summed E-state index contributed by atoms with van der Waals surface area (Å²) in [7, 11) is 0. The maximum atomic E-state index is 5.28. The summed E-state index contributed by atoms with van der Waals surface area (Å²) in [5.41, 5.74) is -0.0291. The van der Waals surface area contributed by atoms with Crippen molar-refractivity contribution < 1.29 is 4.74 Å². The van der Waals surface area contributed by atoms with Gasteiger partial charge in [-0.15, -0.1) is 6.42 Å². The predicted molar refractivity (Wildman–Crippen MR) is 56.4 cm³/mol. The molecular weight excluding hydrogens is 184 g/mol. The van der Waals surface area contributed by atoms with E-state index in [1.165, 1.54) is 0 Å². The number of rotatable bonds is 2. The van der Waals surface area contributed by atoms with Gasteiger partial charge in [-0.1, -0.05) is 5.92 Å². The van der Waals surface area contributed by atoms with E-state index in [0.29, 0.717) is 18.3 Å². The first-order valence-corrected chi connectivity index (χ1v) is 4.64. The Hall–Kier alpha value is -0.790. The Morgan fingerprint density at radius 3 is 3.08 bits per heavy atom. The first-order valence-electron chi connectivity index (χ1n) is 4.23. The molecule has 0 amide bonds. The monoisotopic (exact) mass is 198 g/mol. The topological polar surface area (TPSA) is 33.3 Å². The molecule has 1 unspecified atom stereocenters. The predicted octanol–water partition coefficient (Wildman–Crippen LogP) is 0.263. The lowest BCUT2D eigenvalue weighted by Crippen LogP contribution is -2.50. The molecule has 1 aliphatic rings. The molecule has 72 valence electrons. The molecule has 0 radical (unpaired) electrons. The molecule has 0 spiro atoms. The third-order valence-corrected chi connectivity index (χ3v) is 2.23. The van der Waals surface area contributed by atoms with E-state index in [9.17, 15) is 0 Å². The van der Waals surface area contributed by atoms with E-state index in [1.807, 2.05) is 0 Å². The van der Waals surface area contributed by atoms with E-state index < -0.39 is 0 Å². The summed E-state index contributed by atoms with van der Waals surface area (Å²) in [5, 5.41) is 6.71. The number of nitrogens with one attached hydrogen (secondary N) is 2. The molecule has 0 saturated carbocycles. The van der Waals surface area contributed by atoms with Crippen molar-refractivity contribution in [1.29, 1.82) is 0 Å². The van der Waals surface area contributed by atoms with Crippen LogP contribution in [0, 0.1) is 12.3 Å². The zero-order valence-corrected chi connectivity index (χ0v) is 8.54. The second kappa shape index (κ2) is 4.45. The Balaban J connectivity index is 2.31. The summed E-state index contributed by atoms with van der Waals surface area (Å²) in [5.74, 6) is 2.47. The van der Waals surface area contributed by atoms with Gasteiger partial charge in [0.05, 0.1) is 18.7 Å². The molecule has 0 aromatic rings. The van der Waals surface area contributed by atoms with Crippen LogP contribution < -0.4 is 10.6 Å². The van der Waals surface area contributed by atoms with Gasteiger partial charge in [0.15, 0.2) is 5.11 Å². The molecule has 2 N–H and O–H groups in total. The fourth-order valence-corrected chi connectivity index (χ4v) is 1.53. The molecule has 0 bridgehead atoms. The van der Waals surface area contributed by atoms with Gasteiger partial charge in [0.2, 0.25) is 0 Å². The fourth-order valence-electron chi connectivity index (χ4n) is 1.22. The highest BCUT2D eigenvalue weighted by atomic mass is 32.1. The Kier molecular flexibility index (Phi) is 3.52. The van der Waals surface area contributed by atoms with Crippen LogP contribution >= 0.6 is 12.2 Å². The highest BCUT2D eigenvalue weighted by Crippen LogP contribution is 2.16. The Labute approximate surface area is 84.2 Å². The second-order valence-corrected chi connectivity index (χ2v) is 3.78. The van der Waals surface area contributed by atoms with E-state index in [1.54, 1.807) is 0 Å². The van der Waals surface area contributed by atoms with Crippen LogP contribution in [0.4, 0.5) is 0 Å². The highest BCUT2D eigenvalue weighted by Gasteiger charge is 2.29. The molecule has 0 aromatic carbocycles. The Morgan fingerprint density at radius 1 is 1.77 bits per heavy atom. The quantitative estimate of drug-likeness (QED) is 0.493. The third kappa shape index (κ3) is 3.21. The average molecular weight is 198 g/mol. The number of hydrogen-bond acceptors (Lipinski definition) is 2. The second-order valence-electron chi connectivity index (χ2n) is 3.38. The summed E-state index contributed by atoms with van der Waals surface area (Å²) < 4.78 is 5.28. The van der Waals surface area contributed by atoms with Crippen molar-refractivity contribution in [3.8, 4) is 12.3 Å². The Morgan fingerprint density at radius 2 is 2.54 bits per heavy atom. The molecule has 0 aliphatic carbocycles. The van der Waals surface area contributed by atoms with Crippen molar-refractivity contribution >= 4 is 17.3 Å². The zero-order valence-electron chi connectivity index (χ0n) is 7.72. The minimum absolute atomic E-state index is 0.0291. The number of hydrogen-bond donors (Lipinski definition) is 2. The minimum atomic E-state index is -0.0291. The molecule has 1 rings (SSSR count). The number of ether oxygens (including phenoxy) is 1. The van der Waals surface area contributed by atoms with Crippen LogP contribution in [0.5, 0.6) is 0 Å². The third-order valence-electron chi connectivity index (χ3n) is 1.99. The maximum absolute atomic E-state index is 5.28. The van der Waals surface area contributed by atoms with Gasteiger partial charge in [0, 0.05) is 6.61 Å². The molecule has 4 heteroatoms. The summed E-state index contributed by atoms with van der Waals surface area (Å²) in [6, 6.07) is 0. The summed E-state index contributed by atoms with van der Waals surface area (Å²) in [4.78, 5) is 0. The standard InChI is InChI=1S/C9H14N2OS/c1-3-5-10-8(13)11-9(2)4-6-12-7-9/h1H,4-7H2,2H3,(H2,10,11,13). The Bertz CT molecular complexity index is 228. The lowest BCUT2D eigenvalue weighted by Gasteiger charge is -2.25. The van der Waals surface area contributed by atoms with Gasteiger partial charge >= 0.3 is 0 Å². The summed E-state index contributed by atoms with van der Waals surface area (Å²) in [6.07, 6.45) is 6.07. The van der Waals surface area contributed by atoms with Crippen LogP contribution in [0.15, 0.2) is 0 Å². The van der Waals surface area contributed by atoms with Crippen LogP contribution in [-0.4, -0.2) is 30.4 Å². The lowest BCUT2D eigenvalue weighted by atomic mass is 10.0. The molecule has 0 aromatic heterocycles. The molecule has 13 heavy (non-hydrogen) atoms. The van der Waals surface area contributed by atoms with Crippen molar-refractivity contribution in [1.82, 2.24) is 10.6 Å². The molecule has 1 aliphatic heterocycles. The van der Waals surface area contributed by atoms with Gasteiger partial charge in [0.1, 0.15) is 0 Å². The number of thiocarbonyl (C=S) groups is 1. The van der Waals surface area contributed by atoms with E-state index >= 15 is 0 Å². The van der Waals surface area contributed by atoms with Gasteiger partial charge in [-0.05, 0) is 25.6 Å². The summed E-state index contributed by atoms with van der Waals surface area (Å²) in [6.45, 7) is 4.04. The van der Waals surface area contributed by atoms with Gasteiger partial charge in [0.25, 0.3) is 0 Å². The van der Waals surface area contributed by atoms with E-state index in [4.69, 9.17) is 23.4 Å². The maximum Gasteiger partial charge on any atom is 0.167 e. The van der Waals surface area contributed by atoms with Crippen molar-refractivity contribution in [2.75, 3.05) is 19.8 Å². The molecule has 1 fully saturated rings. The van der Waals surface area contributed by atoms with Crippen LogP contribution in [-0.2, 0) is 4.74 Å². The average Bonchev–Trinajstić information content (AvgIpc) is 2.48. The van der Waals surface area contributed by atoms with Crippen LogP contribution in [0.25, 0.3) is 0 Å². The van der Waals surface area contributed by atoms with Gasteiger partial charge in [-0.25, -0.2) is 0 Å². The highest BCUT2D eigenvalue weighted by molar-refractivity contribution is 7.80. The van der Waals surface area contributed by atoms with Crippen molar-refractivity contribution in [2.24, 2.45) is 0 Å². The lowest BCUT2D eigenvalue weighted by molar-refractivity contribution is 0.177. The smallest absolute Gasteiger partial charge is 0.167 e. The van der Waals surface area contributed by atoms with E-state index in [2.05, 4.69) is 23.5 Å². The van der Waals surface area contributed by atoms with E-state index in [-0.39, 0.29) is 5.54 Å². The largest absolute Gasteiger partial charge is 0.379 e. The molecule has 1 saturated heterocycles. The van der Waals surface area contributed by atoms with Gasteiger partial charge in [-0.2, -0.15) is 0 Å². The molecule has 1 atom stereocenters. The van der Waals surface area contributed by atoms with Gasteiger partial charge in [-0.3, -0.25) is 0 Å². The van der Waals surface area contributed by atoms with Crippen LogP contribution in [0.3, 0.4) is 0 Å². The molecular formula is C9H14N2OS. The van der Waals surface area contributed by atoms with Crippen LogP contribution in [0.1, 0.15) is 13.3 Å². The van der Waals surface area contributed by atoms with E-state index in [0.717, 1.165) is 13.0 Å². The first-order chi connectivity index (χ1) is 6.16.